The van der Waals surface area contributed by atoms with E-state index in [2.05, 4.69) is 29.5 Å². The van der Waals surface area contributed by atoms with Crippen LogP contribution in [0.2, 0.25) is 0 Å². The fraction of sp³-hybridized carbons (Fsp3) is 0.552. The zero-order chi connectivity index (χ0) is 24.9. The number of aryl methyl sites for hydroxylation is 1. The maximum absolute atomic E-state index is 11.5. The van der Waals surface area contributed by atoms with Crippen LogP contribution in [-0.2, 0) is 6.54 Å². The highest BCUT2D eigenvalue weighted by molar-refractivity contribution is 5.87. The average Bonchev–Trinajstić information content (AvgIpc) is 3.25. The van der Waals surface area contributed by atoms with Crippen molar-refractivity contribution in [2.75, 3.05) is 6.61 Å². The Kier molecular flexibility index (Phi) is 11.1. The molecule has 0 bridgehead atoms. The lowest BCUT2D eigenvalue weighted by Crippen LogP contribution is -2.05. The van der Waals surface area contributed by atoms with Gasteiger partial charge in [-0.1, -0.05) is 90.2 Å². The number of para-hydroxylation sites is 1. The van der Waals surface area contributed by atoms with E-state index in [0.29, 0.717) is 18.1 Å². The van der Waals surface area contributed by atoms with Gasteiger partial charge in [-0.05, 0) is 37.1 Å². The van der Waals surface area contributed by atoms with E-state index in [1.807, 2.05) is 18.2 Å². The third kappa shape index (κ3) is 7.81. The molecule has 3 rings (SSSR count). The maximum atomic E-state index is 11.5. The van der Waals surface area contributed by atoms with Crippen molar-refractivity contribution >= 4 is 17.0 Å². The lowest BCUT2D eigenvalue weighted by atomic mass is 10.1. The van der Waals surface area contributed by atoms with E-state index in [9.17, 15) is 9.90 Å². The number of unbranched alkanes of at least 4 members (excludes halogenated alkanes) is 10. The standard InChI is InChI=1S/C29H41N3O3/c1-3-5-7-9-11-13-21-32-25-19-16-20-26(35-22-14-12-10-8-6-4-2)27(25)31-28(32)23-17-15-18-24(30-23)29(33)34/h15-20H,3-14,21-22H2,1-2H3,(H,33,34). The number of nitrogens with zero attached hydrogens (tertiary/aromatic N) is 3. The highest BCUT2D eigenvalue weighted by Crippen LogP contribution is 2.31. The Morgan fingerprint density at radius 2 is 1.49 bits per heavy atom. The van der Waals surface area contributed by atoms with E-state index < -0.39 is 5.97 Å². The van der Waals surface area contributed by atoms with Gasteiger partial charge in [0.1, 0.15) is 22.7 Å². The molecule has 190 valence electrons. The number of carboxylic acids is 1. The van der Waals surface area contributed by atoms with Gasteiger partial charge >= 0.3 is 5.97 Å². The fourth-order valence-corrected chi connectivity index (χ4v) is 4.45. The lowest BCUT2D eigenvalue weighted by molar-refractivity contribution is 0.0690. The van der Waals surface area contributed by atoms with Gasteiger partial charge in [0.15, 0.2) is 5.82 Å². The molecular formula is C29H41N3O3. The van der Waals surface area contributed by atoms with E-state index in [4.69, 9.17) is 9.72 Å². The van der Waals surface area contributed by atoms with Crippen molar-refractivity contribution in [3.63, 3.8) is 0 Å². The molecule has 0 spiro atoms. The zero-order valence-electron chi connectivity index (χ0n) is 21.5. The summed E-state index contributed by atoms with van der Waals surface area (Å²) in [6.07, 6.45) is 14.6. The molecule has 0 saturated carbocycles. The van der Waals surface area contributed by atoms with Crippen molar-refractivity contribution in [3.8, 4) is 17.3 Å². The van der Waals surface area contributed by atoms with Gasteiger partial charge in [-0.25, -0.2) is 14.8 Å². The SMILES string of the molecule is CCCCCCCCOc1cccc2c1nc(-c1cccc(C(=O)O)n1)n2CCCCCCCC. The summed E-state index contributed by atoms with van der Waals surface area (Å²) in [4.78, 5) is 20.8. The van der Waals surface area contributed by atoms with Gasteiger partial charge in [-0.3, -0.25) is 0 Å². The van der Waals surface area contributed by atoms with E-state index in [1.54, 1.807) is 6.07 Å². The Bertz CT molecular complexity index is 1060. The molecule has 6 heteroatoms. The number of aromatic nitrogens is 3. The van der Waals surface area contributed by atoms with Crippen LogP contribution >= 0.6 is 0 Å². The summed E-state index contributed by atoms with van der Waals surface area (Å²) < 4.78 is 8.35. The van der Waals surface area contributed by atoms with Crippen LogP contribution in [0.25, 0.3) is 22.6 Å². The van der Waals surface area contributed by atoms with E-state index in [-0.39, 0.29) is 5.69 Å². The van der Waals surface area contributed by atoms with Crippen LogP contribution in [0.5, 0.6) is 5.75 Å². The zero-order valence-corrected chi connectivity index (χ0v) is 21.5. The topological polar surface area (TPSA) is 77.2 Å². The van der Waals surface area contributed by atoms with Gasteiger partial charge in [-0.2, -0.15) is 0 Å². The number of carboxylic acid groups (broad SMARTS) is 1. The Hall–Kier alpha value is -2.89. The van der Waals surface area contributed by atoms with Crippen LogP contribution < -0.4 is 4.74 Å². The molecule has 2 aromatic heterocycles. The molecule has 0 atom stereocenters. The van der Waals surface area contributed by atoms with E-state index in [0.717, 1.165) is 42.6 Å². The number of fused-ring (bicyclic) bond motifs is 1. The summed E-state index contributed by atoms with van der Waals surface area (Å²) in [6.45, 7) is 5.96. The summed E-state index contributed by atoms with van der Waals surface area (Å²) >= 11 is 0. The average molecular weight is 480 g/mol. The summed E-state index contributed by atoms with van der Waals surface area (Å²) in [7, 11) is 0. The Balaban J connectivity index is 1.81. The van der Waals surface area contributed by atoms with Gasteiger partial charge < -0.3 is 14.4 Å². The van der Waals surface area contributed by atoms with Crippen LogP contribution in [0.15, 0.2) is 36.4 Å². The number of aromatic carboxylic acids is 1. The molecule has 1 N–H and O–H groups in total. The number of rotatable bonds is 17. The number of pyridine rings is 1. The largest absolute Gasteiger partial charge is 0.491 e. The molecule has 0 aliphatic heterocycles. The second-order valence-corrected chi connectivity index (χ2v) is 9.31. The fourth-order valence-electron chi connectivity index (χ4n) is 4.45. The minimum atomic E-state index is -1.03. The molecule has 2 heterocycles. The molecule has 0 radical (unpaired) electrons. The highest BCUT2D eigenvalue weighted by atomic mass is 16.5. The molecular weight excluding hydrogens is 438 g/mol. The van der Waals surface area contributed by atoms with E-state index in [1.165, 1.54) is 63.9 Å². The van der Waals surface area contributed by atoms with Crippen LogP contribution in [0, 0.1) is 0 Å². The van der Waals surface area contributed by atoms with Crippen molar-refractivity contribution in [2.45, 2.75) is 97.4 Å². The van der Waals surface area contributed by atoms with Crippen LogP contribution in [0.4, 0.5) is 0 Å². The molecule has 6 nitrogen and oxygen atoms in total. The molecule has 1 aromatic carbocycles. The molecule has 0 aliphatic carbocycles. The summed E-state index contributed by atoms with van der Waals surface area (Å²) in [5.41, 5.74) is 2.44. The Morgan fingerprint density at radius 3 is 2.20 bits per heavy atom. The molecule has 0 aliphatic rings. The van der Waals surface area contributed by atoms with E-state index >= 15 is 0 Å². The molecule has 0 amide bonds. The first-order valence-corrected chi connectivity index (χ1v) is 13.5. The smallest absolute Gasteiger partial charge is 0.354 e. The molecule has 3 aromatic rings. The highest BCUT2D eigenvalue weighted by Gasteiger charge is 2.18. The Labute approximate surface area is 209 Å². The van der Waals surface area contributed by atoms with Gasteiger partial charge in [0.05, 0.1) is 12.1 Å². The summed E-state index contributed by atoms with van der Waals surface area (Å²) in [5.74, 6) is 0.453. The van der Waals surface area contributed by atoms with Crippen LogP contribution in [-0.4, -0.2) is 32.2 Å². The van der Waals surface area contributed by atoms with Gasteiger partial charge in [0.25, 0.3) is 0 Å². The lowest BCUT2D eigenvalue weighted by Gasteiger charge is -2.10. The van der Waals surface area contributed by atoms with Crippen molar-refractivity contribution in [3.05, 3.63) is 42.1 Å². The third-order valence-corrected chi connectivity index (χ3v) is 6.43. The van der Waals surface area contributed by atoms with Gasteiger partial charge in [0, 0.05) is 6.54 Å². The van der Waals surface area contributed by atoms with Gasteiger partial charge in [0.2, 0.25) is 0 Å². The predicted molar refractivity (Wildman–Crippen MR) is 142 cm³/mol. The number of benzene rings is 1. The number of hydrogen-bond donors (Lipinski definition) is 1. The predicted octanol–water partition coefficient (Wildman–Crippen LogP) is 7.90. The number of carbonyl (C=O) groups is 1. The Morgan fingerprint density at radius 1 is 0.829 bits per heavy atom. The number of ether oxygens (including phenoxy) is 1. The van der Waals surface area contributed by atoms with Crippen molar-refractivity contribution < 1.29 is 14.6 Å². The summed E-state index contributed by atoms with van der Waals surface area (Å²) in [6, 6.07) is 11.1. The van der Waals surface area contributed by atoms with Crippen LogP contribution in [0.3, 0.4) is 0 Å². The van der Waals surface area contributed by atoms with Crippen molar-refractivity contribution in [1.29, 1.82) is 0 Å². The van der Waals surface area contributed by atoms with Crippen LogP contribution in [0.1, 0.15) is 101 Å². The summed E-state index contributed by atoms with van der Waals surface area (Å²) in [5, 5.41) is 9.43. The molecule has 0 saturated heterocycles. The quantitative estimate of drug-likeness (QED) is 0.199. The van der Waals surface area contributed by atoms with Crippen molar-refractivity contribution in [2.24, 2.45) is 0 Å². The first-order valence-electron chi connectivity index (χ1n) is 13.5. The normalized spacial score (nSPS) is 11.3. The first kappa shape index (κ1) is 26.7. The number of hydrogen-bond acceptors (Lipinski definition) is 4. The first-order chi connectivity index (χ1) is 17.2. The minimum Gasteiger partial charge on any atom is -0.491 e. The molecule has 0 fully saturated rings. The third-order valence-electron chi connectivity index (χ3n) is 6.43. The molecule has 35 heavy (non-hydrogen) atoms. The second kappa shape index (κ2) is 14.5. The minimum absolute atomic E-state index is 0.0280. The maximum Gasteiger partial charge on any atom is 0.354 e. The number of imidazole rings is 1. The van der Waals surface area contributed by atoms with Crippen molar-refractivity contribution in [1.82, 2.24) is 14.5 Å². The van der Waals surface area contributed by atoms with Gasteiger partial charge in [-0.15, -0.1) is 0 Å². The monoisotopic (exact) mass is 479 g/mol. The molecule has 0 unspecified atom stereocenters. The second-order valence-electron chi connectivity index (χ2n) is 9.31.